The molecule has 0 aromatic carbocycles. The Morgan fingerprint density at radius 1 is 0.565 bits per heavy atom. The fraction of sp³-hybridized carbons (Fsp3) is 1.00. The first-order valence-electron chi connectivity index (χ1n) is 7.83. The lowest BCUT2D eigenvalue weighted by molar-refractivity contribution is -0.213. The van der Waals surface area contributed by atoms with Crippen molar-refractivity contribution in [3.63, 3.8) is 0 Å². The number of rotatable bonds is 9. The highest BCUT2D eigenvalue weighted by Gasteiger charge is 2.47. The van der Waals surface area contributed by atoms with Crippen LogP contribution in [0.2, 0.25) is 39.3 Å². The van der Waals surface area contributed by atoms with Crippen molar-refractivity contribution in [2.75, 3.05) is 42.3 Å². The van der Waals surface area contributed by atoms with Crippen LogP contribution in [-0.2, 0) is 13.3 Å². The van der Waals surface area contributed by atoms with Gasteiger partial charge in [0.25, 0.3) is 25.4 Å². The van der Waals surface area contributed by atoms with Crippen molar-refractivity contribution >= 4 is 35.7 Å². The molecule has 23 heavy (non-hydrogen) atoms. The summed E-state index contributed by atoms with van der Waals surface area (Å²) in [4.78, 5) is 0. The Hall–Kier alpha value is 0.628. The molecule has 0 aliphatic heterocycles. The Labute approximate surface area is 150 Å². The summed E-state index contributed by atoms with van der Waals surface area (Å²) >= 11 is 0. The second-order valence-electron chi connectivity index (χ2n) is 7.89. The van der Waals surface area contributed by atoms with E-state index in [2.05, 4.69) is 63.2 Å². The number of hydrogen-bond donors (Lipinski definition) is 0. The molecular formula is C13H36N3O3Si4. The highest BCUT2D eigenvalue weighted by molar-refractivity contribution is 6.71. The maximum atomic E-state index is 6.41. The average molecular weight is 395 g/mol. The van der Waals surface area contributed by atoms with Gasteiger partial charge in [0.2, 0.25) is 5.60 Å². The van der Waals surface area contributed by atoms with Crippen molar-refractivity contribution in [2.24, 2.45) is 0 Å². The predicted molar refractivity (Wildman–Crippen MR) is 105 cm³/mol. The van der Waals surface area contributed by atoms with Gasteiger partial charge in [0.15, 0.2) is 10.2 Å². The molecule has 0 bridgehead atoms. The average Bonchev–Trinajstić information content (AvgIpc) is 2.24. The molecule has 0 N–H and O–H groups in total. The van der Waals surface area contributed by atoms with E-state index < -0.39 is 31.0 Å². The van der Waals surface area contributed by atoms with Crippen LogP contribution >= 0.6 is 0 Å². The topological polar surface area (TPSA) is 37.4 Å². The van der Waals surface area contributed by atoms with E-state index in [0.717, 1.165) is 0 Å². The minimum absolute atomic E-state index is 1.24. The van der Waals surface area contributed by atoms with E-state index in [1.54, 1.807) is 0 Å². The van der Waals surface area contributed by atoms with Crippen LogP contribution < -0.4 is 0 Å². The van der Waals surface area contributed by atoms with Crippen molar-refractivity contribution in [1.82, 2.24) is 13.7 Å². The molecule has 0 unspecified atom stereocenters. The largest absolute Gasteiger partial charge is 0.360 e. The van der Waals surface area contributed by atoms with Crippen molar-refractivity contribution in [3.05, 3.63) is 0 Å². The third-order valence-corrected chi connectivity index (χ3v) is 14.1. The zero-order valence-electron chi connectivity index (χ0n) is 17.1. The van der Waals surface area contributed by atoms with Crippen LogP contribution in [0.1, 0.15) is 0 Å². The van der Waals surface area contributed by atoms with Gasteiger partial charge in [-0.05, 0) is 81.6 Å². The molecule has 3 radical (unpaired) electrons. The number of hydrogen-bond acceptors (Lipinski definition) is 6. The number of nitrogens with zero attached hydrogens (tertiary/aromatic N) is 3. The third-order valence-electron chi connectivity index (χ3n) is 4.38. The maximum Gasteiger partial charge on any atom is 0.270 e. The zero-order chi connectivity index (χ0) is 18.9. The molecular weight excluding hydrogens is 359 g/mol. The van der Waals surface area contributed by atoms with Crippen molar-refractivity contribution in [2.45, 2.75) is 44.9 Å². The predicted octanol–water partition coefficient (Wildman–Crippen LogP) is 1.61. The van der Waals surface area contributed by atoms with Gasteiger partial charge in [-0.15, -0.1) is 0 Å². The summed E-state index contributed by atoms with van der Waals surface area (Å²) in [6.45, 7) is 12.8. The smallest absolute Gasteiger partial charge is 0.270 e. The highest BCUT2D eigenvalue weighted by atomic mass is 28.4. The Balaban J connectivity index is 5.61. The van der Waals surface area contributed by atoms with E-state index in [9.17, 15) is 0 Å². The minimum atomic E-state index is -2.14. The van der Waals surface area contributed by atoms with E-state index in [1.807, 2.05) is 42.3 Å². The van der Waals surface area contributed by atoms with Crippen LogP contribution in [0.15, 0.2) is 0 Å². The quantitative estimate of drug-likeness (QED) is 0.437. The summed E-state index contributed by atoms with van der Waals surface area (Å²) in [5.74, 6) is 0. The maximum absolute atomic E-state index is 6.41. The lowest BCUT2D eigenvalue weighted by Crippen LogP contribution is -2.65. The SMILES string of the molecule is CN(C)[Si](C)(C)OC([Si])(O[Si](C)(C)N(C)C)O[Si](C)(C)N(C)C. The molecule has 0 saturated heterocycles. The zero-order valence-corrected chi connectivity index (χ0v) is 21.1. The van der Waals surface area contributed by atoms with Crippen LogP contribution in [0, 0.1) is 0 Å². The van der Waals surface area contributed by atoms with Crippen molar-refractivity contribution in [1.29, 1.82) is 0 Å². The molecule has 0 aromatic heterocycles. The van der Waals surface area contributed by atoms with E-state index in [1.165, 1.54) is 0 Å². The fourth-order valence-corrected chi connectivity index (χ4v) is 6.59. The fourth-order valence-electron chi connectivity index (χ4n) is 1.32. The lowest BCUT2D eigenvalue weighted by atomic mass is 11.3. The first-order valence-corrected chi connectivity index (χ1v) is 16.9. The second-order valence-corrected chi connectivity index (χ2v) is 20.5. The molecule has 6 nitrogen and oxygen atoms in total. The summed E-state index contributed by atoms with van der Waals surface area (Å²) < 4.78 is 25.6. The van der Waals surface area contributed by atoms with Gasteiger partial charge in [0.05, 0.1) is 0 Å². The highest BCUT2D eigenvalue weighted by Crippen LogP contribution is 2.28. The Kier molecular flexibility index (Phi) is 8.10. The van der Waals surface area contributed by atoms with Crippen LogP contribution in [0.5, 0.6) is 0 Å². The Morgan fingerprint density at radius 2 is 0.739 bits per heavy atom. The lowest BCUT2D eigenvalue weighted by Gasteiger charge is -2.48. The molecule has 137 valence electrons. The van der Waals surface area contributed by atoms with E-state index in [4.69, 9.17) is 13.3 Å². The van der Waals surface area contributed by atoms with Gasteiger partial charge in [-0.2, -0.15) is 0 Å². The molecule has 0 saturated carbocycles. The Morgan fingerprint density at radius 3 is 0.870 bits per heavy atom. The van der Waals surface area contributed by atoms with E-state index >= 15 is 0 Å². The molecule has 0 aromatic rings. The molecule has 0 fully saturated rings. The van der Waals surface area contributed by atoms with Crippen LogP contribution in [0.3, 0.4) is 0 Å². The first-order chi connectivity index (χ1) is 9.95. The van der Waals surface area contributed by atoms with Crippen LogP contribution in [-0.4, -0.2) is 97.3 Å². The summed E-state index contributed by atoms with van der Waals surface area (Å²) in [6, 6.07) is 0. The first kappa shape index (κ1) is 23.6. The standard InChI is InChI=1S/C13H36N3O3Si4/c1-14(2)21(7,8)17-13(20,18-22(9,10)15(3)4)19-23(11,12)16(5)6/h1-12H3. The summed E-state index contributed by atoms with van der Waals surface area (Å²) in [5.41, 5.74) is -1.24. The molecule has 0 atom stereocenters. The summed E-state index contributed by atoms with van der Waals surface area (Å²) in [5, 5.41) is 0. The van der Waals surface area contributed by atoms with Gasteiger partial charge in [0, 0.05) is 0 Å². The summed E-state index contributed by atoms with van der Waals surface area (Å²) in [6.07, 6.45) is 0. The monoisotopic (exact) mass is 394 g/mol. The van der Waals surface area contributed by atoms with Crippen LogP contribution in [0.25, 0.3) is 0 Å². The molecule has 0 amide bonds. The van der Waals surface area contributed by atoms with Gasteiger partial charge in [0.1, 0.15) is 0 Å². The Bertz CT molecular complexity index is 336. The van der Waals surface area contributed by atoms with Gasteiger partial charge in [-0.1, -0.05) is 0 Å². The molecule has 0 spiro atoms. The van der Waals surface area contributed by atoms with Crippen molar-refractivity contribution in [3.8, 4) is 0 Å². The van der Waals surface area contributed by atoms with Gasteiger partial charge in [-0.3, -0.25) is 0 Å². The van der Waals surface area contributed by atoms with Gasteiger partial charge in [-0.25, -0.2) is 0 Å². The second kappa shape index (κ2) is 7.89. The molecule has 0 heterocycles. The third kappa shape index (κ3) is 7.18. The van der Waals surface area contributed by atoms with Gasteiger partial charge >= 0.3 is 0 Å². The van der Waals surface area contributed by atoms with E-state index in [0.29, 0.717) is 0 Å². The normalized spacial score (nSPS) is 15.1. The summed E-state index contributed by atoms with van der Waals surface area (Å²) in [7, 11) is 9.47. The molecule has 0 aliphatic carbocycles. The van der Waals surface area contributed by atoms with Crippen molar-refractivity contribution < 1.29 is 13.3 Å². The molecule has 0 aliphatic rings. The van der Waals surface area contributed by atoms with Gasteiger partial charge < -0.3 is 27.0 Å². The van der Waals surface area contributed by atoms with Crippen LogP contribution in [0.4, 0.5) is 0 Å². The molecule has 10 heteroatoms. The van der Waals surface area contributed by atoms with E-state index in [-0.39, 0.29) is 0 Å². The minimum Gasteiger partial charge on any atom is -0.360 e. The molecule has 0 rings (SSSR count).